The van der Waals surface area contributed by atoms with Crippen molar-refractivity contribution < 1.29 is 4.74 Å². The minimum Gasteiger partial charge on any atom is -0.474 e. The highest BCUT2D eigenvalue weighted by molar-refractivity contribution is 5.12. The Labute approximate surface area is 83.5 Å². The van der Waals surface area contributed by atoms with Crippen LogP contribution in [0.15, 0.2) is 12.4 Å². The van der Waals surface area contributed by atoms with E-state index in [9.17, 15) is 0 Å². The molecular formula is C10H15N3O. The maximum absolute atomic E-state index is 5.80. The predicted molar refractivity (Wildman–Crippen MR) is 53.0 cm³/mol. The maximum Gasteiger partial charge on any atom is 0.216 e. The Morgan fingerprint density at radius 2 is 2.29 bits per heavy atom. The van der Waals surface area contributed by atoms with E-state index in [1.165, 1.54) is 6.33 Å². The molecule has 1 heterocycles. The summed E-state index contributed by atoms with van der Waals surface area (Å²) in [6.07, 6.45) is 4.78. The largest absolute Gasteiger partial charge is 0.474 e. The average molecular weight is 193 g/mol. The molecule has 1 aliphatic carbocycles. The number of rotatable bonds is 2. The highest BCUT2D eigenvalue weighted by Gasteiger charge is 2.23. The highest BCUT2D eigenvalue weighted by atomic mass is 16.5. The molecular weight excluding hydrogens is 178 g/mol. The van der Waals surface area contributed by atoms with E-state index >= 15 is 0 Å². The molecule has 1 saturated carbocycles. The molecule has 76 valence electrons. The third-order valence-corrected chi connectivity index (χ3v) is 2.49. The first-order chi connectivity index (χ1) is 6.74. The molecule has 1 aromatic rings. The molecule has 2 N–H and O–H groups in total. The lowest BCUT2D eigenvalue weighted by molar-refractivity contribution is 0.199. The summed E-state index contributed by atoms with van der Waals surface area (Å²) in [5, 5.41) is 0. The van der Waals surface area contributed by atoms with Crippen LogP contribution in [0.3, 0.4) is 0 Å². The van der Waals surface area contributed by atoms with Gasteiger partial charge in [-0.25, -0.2) is 9.97 Å². The molecule has 4 heteroatoms. The first-order valence-corrected chi connectivity index (χ1v) is 4.95. The molecule has 0 spiro atoms. The van der Waals surface area contributed by atoms with Crippen LogP contribution in [-0.4, -0.2) is 22.1 Å². The Hall–Kier alpha value is -1.16. The number of hydrogen-bond donors (Lipinski definition) is 1. The van der Waals surface area contributed by atoms with Crippen LogP contribution in [0.2, 0.25) is 0 Å². The Morgan fingerprint density at radius 3 is 2.93 bits per heavy atom. The number of ether oxygens (including phenoxy) is 1. The second-order valence-electron chi connectivity index (χ2n) is 3.81. The summed E-state index contributed by atoms with van der Waals surface area (Å²) in [6, 6.07) is 2.15. The van der Waals surface area contributed by atoms with Crippen molar-refractivity contribution in [1.82, 2.24) is 9.97 Å². The van der Waals surface area contributed by atoms with Gasteiger partial charge in [0.2, 0.25) is 5.88 Å². The summed E-state index contributed by atoms with van der Waals surface area (Å²) < 4.78 is 5.70. The third-order valence-electron chi connectivity index (χ3n) is 2.49. The predicted octanol–water partition coefficient (Wildman–Crippen LogP) is 1.04. The van der Waals surface area contributed by atoms with Crippen molar-refractivity contribution in [2.45, 2.75) is 38.3 Å². The zero-order valence-corrected chi connectivity index (χ0v) is 8.31. The molecule has 14 heavy (non-hydrogen) atoms. The van der Waals surface area contributed by atoms with Crippen LogP contribution in [0.4, 0.5) is 0 Å². The number of nitrogens with zero attached hydrogens (tertiary/aromatic N) is 2. The molecule has 2 rings (SSSR count). The van der Waals surface area contributed by atoms with Gasteiger partial charge in [-0.2, -0.15) is 0 Å². The molecule has 1 aliphatic rings. The Kier molecular flexibility index (Phi) is 2.63. The van der Waals surface area contributed by atoms with Gasteiger partial charge in [-0.1, -0.05) is 0 Å². The first kappa shape index (κ1) is 9.40. The van der Waals surface area contributed by atoms with Crippen molar-refractivity contribution in [3.05, 3.63) is 18.1 Å². The van der Waals surface area contributed by atoms with Crippen LogP contribution in [0.5, 0.6) is 5.88 Å². The summed E-state index contributed by atoms with van der Waals surface area (Å²) in [5.41, 5.74) is 6.72. The van der Waals surface area contributed by atoms with Crippen molar-refractivity contribution >= 4 is 0 Å². The summed E-state index contributed by atoms with van der Waals surface area (Å²) in [4.78, 5) is 8.07. The number of aryl methyl sites for hydroxylation is 1. The van der Waals surface area contributed by atoms with Gasteiger partial charge in [0.25, 0.3) is 0 Å². The standard InChI is InChI=1S/C10H15N3O/c1-7-4-10(13-6-12-7)14-9-3-2-8(11)5-9/h4,6,8-9H,2-3,5,11H2,1H3. The second-order valence-corrected chi connectivity index (χ2v) is 3.81. The molecule has 4 nitrogen and oxygen atoms in total. The van der Waals surface area contributed by atoms with Crippen molar-refractivity contribution in [2.24, 2.45) is 5.73 Å². The Bertz CT molecular complexity index is 316. The van der Waals surface area contributed by atoms with Gasteiger partial charge in [-0.15, -0.1) is 0 Å². The zero-order valence-electron chi connectivity index (χ0n) is 8.31. The van der Waals surface area contributed by atoms with Gasteiger partial charge in [-0.05, 0) is 26.2 Å². The molecule has 1 fully saturated rings. The topological polar surface area (TPSA) is 61.0 Å². The van der Waals surface area contributed by atoms with Crippen LogP contribution in [-0.2, 0) is 0 Å². The maximum atomic E-state index is 5.80. The van der Waals surface area contributed by atoms with E-state index in [1.807, 2.05) is 13.0 Å². The van der Waals surface area contributed by atoms with Crippen molar-refractivity contribution in [3.8, 4) is 5.88 Å². The third kappa shape index (κ3) is 2.20. The highest BCUT2D eigenvalue weighted by Crippen LogP contribution is 2.22. The minimum atomic E-state index is 0.235. The molecule has 2 unspecified atom stereocenters. The monoisotopic (exact) mass is 193 g/mol. The number of aromatic nitrogens is 2. The van der Waals surface area contributed by atoms with Crippen LogP contribution in [0.1, 0.15) is 25.0 Å². The minimum absolute atomic E-state index is 0.235. The lowest BCUT2D eigenvalue weighted by Gasteiger charge is -2.11. The van der Waals surface area contributed by atoms with Crippen LogP contribution >= 0.6 is 0 Å². The van der Waals surface area contributed by atoms with Crippen molar-refractivity contribution in [1.29, 1.82) is 0 Å². The SMILES string of the molecule is Cc1cc(OC2CCC(N)C2)ncn1. The van der Waals surface area contributed by atoms with E-state index in [2.05, 4.69) is 9.97 Å². The van der Waals surface area contributed by atoms with Crippen molar-refractivity contribution in [3.63, 3.8) is 0 Å². The first-order valence-electron chi connectivity index (χ1n) is 4.95. The van der Waals surface area contributed by atoms with Crippen molar-refractivity contribution in [2.75, 3.05) is 0 Å². The summed E-state index contributed by atoms with van der Waals surface area (Å²) in [6.45, 7) is 1.93. The van der Waals surface area contributed by atoms with E-state index in [0.29, 0.717) is 11.9 Å². The molecule has 1 aromatic heterocycles. The summed E-state index contributed by atoms with van der Waals surface area (Å²) >= 11 is 0. The molecule has 0 amide bonds. The molecule has 0 aromatic carbocycles. The smallest absolute Gasteiger partial charge is 0.216 e. The van der Waals surface area contributed by atoms with E-state index in [4.69, 9.17) is 10.5 Å². The van der Waals surface area contributed by atoms with Gasteiger partial charge in [0, 0.05) is 17.8 Å². The molecule has 2 atom stereocenters. The fourth-order valence-corrected chi connectivity index (χ4v) is 1.75. The molecule has 0 saturated heterocycles. The Balaban J connectivity index is 1.97. The van der Waals surface area contributed by atoms with Gasteiger partial charge in [0.1, 0.15) is 12.4 Å². The lowest BCUT2D eigenvalue weighted by atomic mass is 10.3. The van der Waals surface area contributed by atoms with Gasteiger partial charge in [0.05, 0.1) is 0 Å². The molecule has 0 radical (unpaired) electrons. The van der Waals surface area contributed by atoms with Gasteiger partial charge in [-0.3, -0.25) is 0 Å². The summed E-state index contributed by atoms with van der Waals surface area (Å²) in [7, 11) is 0. The number of nitrogens with two attached hydrogens (primary N) is 1. The van der Waals surface area contributed by atoms with E-state index in [0.717, 1.165) is 25.0 Å². The zero-order chi connectivity index (χ0) is 9.97. The van der Waals surface area contributed by atoms with E-state index in [1.54, 1.807) is 0 Å². The van der Waals surface area contributed by atoms with Crippen LogP contribution < -0.4 is 10.5 Å². The van der Waals surface area contributed by atoms with Gasteiger partial charge >= 0.3 is 0 Å². The number of hydrogen-bond acceptors (Lipinski definition) is 4. The molecule has 0 aliphatic heterocycles. The normalized spacial score (nSPS) is 26.4. The van der Waals surface area contributed by atoms with E-state index < -0.39 is 0 Å². The fraction of sp³-hybridized carbons (Fsp3) is 0.600. The van der Waals surface area contributed by atoms with Crippen LogP contribution in [0.25, 0.3) is 0 Å². The van der Waals surface area contributed by atoms with Gasteiger partial charge < -0.3 is 10.5 Å². The van der Waals surface area contributed by atoms with Crippen LogP contribution in [0, 0.1) is 6.92 Å². The lowest BCUT2D eigenvalue weighted by Crippen LogP contribution is -2.19. The fourth-order valence-electron chi connectivity index (χ4n) is 1.75. The van der Waals surface area contributed by atoms with E-state index in [-0.39, 0.29) is 6.10 Å². The second kappa shape index (κ2) is 3.92. The Morgan fingerprint density at radius 1 is 1.43 bits per heavy atom. The average Bonchev–Trinajstić information content (AvgIpc) is 2.51. The van der Waals surface area contributed by atoms with Gasteiger partial charge in [0.15, 0.2) is 0 Å². The summed E-state index contributed by atoms with van der Waals surface area (Å²) in [5.74, 6) is 0.664. The quantitative estimate of drug-likeness (QED) is 0.762. The molecule has 0 bridgehead atoms.